The Morgan fingerprint density at radius 1 is 1.03 bits per heavy atom. The van der Waals surface area contributed by atoms with Crippen LogP contribution in [0.3, 0.4) is 0 Å². The Bertz CT molecular complexity index is 1270. The molecule has 2 N–H and O–H groups in total. The van der Waals surface area contributed by atoms with Crippen LogP contribution in [-0.4, -0.2) is 29.0 Å². The topological polar surface area (TPSA) is 104 Å². The van der Waals surface area contributed by atoms with Crippen LogP contribution in [0.5, 0.6) is 0 Å². The predicted octanol–water partition coefficient (Wildman–Crippen LogP) is 4.43. The van der Waals surface area contributed by atoms with Crippen LogP contribution < -0.4 is 10.6 Å². The molecule has 7 nitrogen and oxygen atoms in total. The first-order valence-electron chi connectivity index (χ1n) is 10.1. The number of benzene rings is 2. The van der Waals surface area contributed by atoms with E-state index in [1.54, 1.807) is 36.7 Å². The van der Waals surface area contributed by atoms with Gasteiger partial charge in [0.15, 0.2) is 5.76 Å². The maximum atomic E-state index is 12.8. The third kappa shape index (κ3) is 4.65. The quantitative estimate of drug-likeness (QED) is 0.426. The molecule has 0 atom stereocenters. The van der Waals surface area contributed by atoms with Gasteiger partial charge in [-0.2, -0.15) is 5.26 Å². The molecule has 0 saturated carbocycles. The van der Waals surface area contributed by atoms with Crippen molar-refractivity contribution in [2.45, 2.75) is 6.92 Å². The van der Waals surface area contributed by atoms with E-state index in [4.69, 9.17) is 9.68 Å². The van der Waals surface area contributed by atoms with Crippen molar-refractivity contribution >= 4 is 11.7 Å². The zero-order chi connectivity index (χ0) is 22.3. The van der Waals surface area contributed by atoms with Crippen LogP contribution in [0.1, 0.15) is 21.5 Å². The zero-order valence-corrected chi connectivity index (χ0v) is 17.5. The van der Waals surface area contributed by atoms with E-state index in [2.05, 4.69) is 26.7 Å². The molecule has 32 heavy (non-hydrogen) atoms. The maximum absolute atomic E-state index is 12.8. The van der Waals surface area contributed by atoms with E-state index in [9.17, 15) is 4.79 Å². The summed E-state index contributed by atoms with van der Waals surface area (Å²) < 4.78 is 5.95. The Hall–Kier alpha value is -4.44. The van der Waals surface area contributed by atoms with Gasteiger partial charge in [0.2, 0.25) is 5.89 Å². The highest BCUT2D eigenvalue weighted by Crippen LogP contribution is 2.28. The minimum Gasteiger partial charge on any atom is -0.436 e. The fraction of sp³-hybridized carbons (Fsp3) is 0.120. The third-order valence-electron chi connectivity index (χ3n) is 4.88. The number of rotatable bonds is 7. The molecule has 0 aliphatic rings. The van der Waals surface area contributed by atoms with Gasteiger partial charge in [-0.1, -0.05) is 42.0 Å². The Balaban J connectivity index is 1.44. The summed E-state index contributed by atoms with van der Waals surface area (Å²) in [6, 6.07) is 20.6. The Morgan fingerprint density at radius 3 is 2.66 bits per heavy atom. The highest BCUT2D eigenvalue weighted by Gasteiger charge is 2.16. The second-order valence-corrected chi connectivity index (χ2v) is 7.14. The molecular weight excluding hydrogens is 402 g/mol. The molecule has 0 radical (unpaired) electrons. The number of aromatic nitrogens is 2. The number of carbonyl (C=O) groups excluding carboxylic acids is 1. The van der Waals surface area contributed by atoms with Crippen LogP contribution in [0.2, 0.25) is 0 Å². The van der Waals surface area contributed by atoms with E-state index in [1.807, 2.05) is 43.3 Å². The van der Waals surface area contributed by atoms with Gasteiger partial charge in [0, 0.05) is 30.4 Å². The van der Waals surface area contributed by atoms with E-state index < -0.39 is 0 Å². The first-order chi connectivity index (χ1) is 15.7. The van der Waals surface area contributed by atoms with Gasteiger partial charge in [-0.25, -0.2) is 9.97 Å². The number of pyridine rings is 1. The van der Waals surface area contributed by atoms with Crippen molar-refractivity contribution in [3.63, 3.8) is 0 Å². The number of hydrogen-bond acceptors (Lipinski definition) is 6. The number of oxazole rings is 1. The lowest BCUT2D eigenvalue weighted by Gasteiger charge is -2.10. The number of nitrogens with zero attached hydrogens (tertiary/aromatic N) is 3. The molecule has 0 fully saturated rings. The van der Waals surface area contributed by atoms with Gasteiger partial charge >= 0.3 is 0 Å². The Labute approximate surface area is 185 Å². The van der Waals surface area contributed by atoms with Crippen molar-refractivity contribution < 1.29 is 9.21 Å². The van der Waals surface area contributed by atoms with E-state index in [0.29, 0.717) is 47.2 Å². The van der Waals surface area contributed by atoms with Crippen LogP contribution in [0.15, 0.2) is 77.5 Å². The van der Waals surface area contributed by atoms with E-state index in [0.717, 1.165) is 11.1 Å². The van der Waals surface area contributed by atoms with Gasteiger partial charge in [0.25, 0.3) is 5.91 Å². The molecule has 158 valence electrons. The first kappa shape index (κ1) is 20.8. The van der Waals surface area contributed by atoms with Gasteiger partial charge in [-0.15, -0.1) is 0 Å². The van der Waals surface area contributed by atoms with Crippen molar-refractivity contribution in [2.75, 3.05) is 18.4 Å². The highest BCUT2D eigenvalue weighted by atomic mass is 16.4. The number of anilines is 1. The molecule has 0 unspecified atom stereocenters. The number of aryl methyl sites for hydroxylation is 1. The lowest BCUT2D eigenvalue weighted by Crippen LogP contribution is -2.29. The summed E-state index contributed by atoms with van der Waals surface area (Å²) in [5, 5.41) is 15.1. The van der Waals surface area contributed by atoms with Gasteiger partial charge in [-0.05, 0) is 31.2 Å². The number of amides is 1. The summed E-state index contributed by atoms with van der Waals surface area (Å²) in [5.74, 6) is 1.28. The molecule has 0 bridgehead atoms. The van der Waals surface area contributed by atoms with Gasteiger partial charge < -0.3 is 15.1 Å². The lowest BCUT2D eigenvalue weighted by atomic mass is 10.1. The van der Waals surface area contributed by atoms with E-state index in [-0.39, 0.29) is 5.91 Å². The number of nitriles is 1. The lowest BCUT2D eigenvalue weighted by molar-refractivity contribution is 0.0955. The smallest absolute Gasteiger partial charge is 0.252 e. The second-order valence-electron chi connectivity index (χ2n) is 7.14. The zero-order valence-electron chi connectivity index (χ0n) is 17.5. The van der Waals surface area contributed by atoms with Crippen LogP contribution in [0.25, 0.3) is 22.8 Å². The normalized spacial score (nSPS) is 10.4. The van der Waals surface area contributed by atoms with Crippen molar-refractivity contribution in [1.29, 1.82) is 5.26 Å². The molecule has 2 aromatic carbocycles. The first-order valence-corrected chi connectivity index (χ1v) is 10.1. The average Bonchev–Trinajstić information content (AvgIpc) is 3.32. The molecule has 2 heterocycles. The van der Waals surface area contributed by atoms with E-state index in [1.165, 1.54) is 0 Å². The summed E-state index contributed by atoms with van der Waals surface area (Å²) in [6.45, 7) is 2.81. The van der Waals surface area contributed by atoms with Crippen LogP contribution in [-0.2, 0) is 0 Å². The van der Waals surface area contributed by atoms with Gasteiger partial charge in [-0.3, -0.25) is 4.79 Å². The van der Waals surface area contributed by atoms with Crippen molar-refractivity contribution in [1.82, 2.24) is 15.3 Å². The fourth-order valence-corrected chi connectivity index (χ4v) is 3.21. The van der Waals surface area contributed by atoms with Crippen LogP contribution in [0.4, 0.5) is 5.82 Å². The summed E-state index contributed by atoms with van der Waals surface area (Å²) in [6.07, 6.45) is 3.28. The Morgan fingerprint density at radius 2 is 1.84 bits per heavy atom. The van der Waals surface area contributed by atoms with Gasteiger partial charge in [0.05, 0.1) is 17.3 Å². The second kappa shape index (κ2) is 9.58. The molecule has 0 spiro atoms. The molecule has 1 amide bonds. The molecule has 4 rings (SSSR count). The van der Waals surface area contributed by atoms with Crippen LogP contribution in [0, 0.1) is 18.3 Å². The third-order valence-corrected chi connectivity index (χ3v) is 4.88. The van der Waals surface area contributed by atoms with E-state index >= 15 is 0 Å². The van der Waals surface area contributed by atoms with Crippen molar-refractivity contribution in [3.8, 4) is 28.8 Å². The molecule has 4 aromatic rings. The summed E-state index contributed by atoms with van der Waals surface area (Å²) in [5.41, 5.74) is 3.64. The number of carbonyl (C=O) groups is 1. The largest absolute Gasteiger partial charge is 0.436 e. The Kier molecular flexibility index (Phi) is 6.23. The molecule has 2 aromatic heterocycles. The van der Waals surface area contributed by atoms with Crippen molar-refractivity contribution in [2.24, 2.45) is 0 Å². The summed E-state index contributed by atoms with van der Waals surface area (Å²) in [7, 11) is 0. The monoisotopic (exact) mass is 423 g/mol. The minimum absolute atomic E-state index is 0.237. The van der Waals surface area contributed by atoms with Crippen LogP contribution >= 0.6 is 0 Å². The SMILES string of the molecule is Cc1ccc(-c2cnc(-c3ccccc3C(=O)NCCNc3ncccc3C#N)o2)cc1. The van der Waals surface area contributed by atoms with Crippen molar-refractivity contribution in [3.05, 3.63) is 89.7 Å². The molecule has 0 aliphatic heterocycles. The summed E-state index contributed by atoms with van der Waals surface area (Å²) >= 11 is 0. The molecule has 0 saturated heterocycles. The minimum atomic E-state index is -0.237. The molecular formula is C25H21N5O2. The molecule has 7 heteroatoms. The standard InChI is InChI=1S/C25H21N5O2/c1-17-8-10-18(11-9-17)22-16-30-25(32-22)21-7-3-2-6-20(21)24(31)29-14-13-28-23-19(15-26)5-4-12-27-23/h2-12,16H,13-14H2,1H3,(H,27,28)(H,29,31). The maximum Gasteiger partial charge on any atom is 0.252 e. The fourth-order valence-electron chi connectivity index (χ4n) is 3.21. The highest BCUT2D eigenvalue weighted by molar-refractivity contribution is 6.00. The predicted molar refractivity (Wildman–Crippen MR) is 122 cm³/mol. The molecule has 0 aliphatic carbocycles. The summed E-state index contributed by atoms with van der Waals surface area (Å²) in [4.78, 5) is 21.3. The van der Waals surface area contributed by atoms with Gasteiger partial charge in [0.1, 0.15) is 11.9 Å². The number of nitrogens with one attached hydrogen (secondary N) is 2. The number of hydrogen-bond donors (Lipinski definition) is 2. The average molecular weight is 423 g/mol.